The van der Waals surface area contributed by atoms with Gasteiger partial charge in [-0.2, -0.15) is 4.98 Å². The lowest BCUT2D eigenvalue weighted by molar-refractivity contribution is 0.0703. The Morgan fingerprint density at radius 2 is 2.00 bits per heavy atom. The first-order chi connectivity index (χ1) is 14.6. The summed E-state index contributed by atoms with van der Waals surface area (Å²) in [5, 5.41) is 4.13. The molecule has 1 aliphatic heterocycles. The van der Waals surface area contributed by atoms with Crippen LogP contribution in [0, 0.1) is 6.92 Å². The molecule has 9 nitrogen and oxygen atoms in total. The number of hydrogen-bond acceptors (Lipinski definition) is 8. The largest absolute Gasteiger partial charge is 0.493 e. The monoisotopic (exact) mass is 409 g/mol. The van der Waals surface area contributed by atoms with Gasteiger partial charge in [-0.05, 0) is 38.0 Å². The molecule has 9 heteroatoms. The molecule has 4 rings (SSSR count). The lowest BCUT2D eigenvalue weighted by Gasteiger charge is -2.31. The Balaban J connectivity index is 1.49. The average Bonchev–Trinajstić information content (AvgIpc) is 3.29. The molecule has 1 amide bonds. The fraction of sp³-hybridized carbons (Fsp3) is 0.381. The van der Waals surface area contributed by atoms with E-state index >= 15 is 0 Å². The van der Waals surface area contributed by atoms with Crippen molar-refractivity contribution >= 4 is 5.91 Å². The van der Waals surface area contributed by atoms with Crippen LogP contribution in [0.2, 0.25) is 0 Å². The maximum atomic E-state index is 13.1. The van der Waals surface area contributed by atoms with Crippen molar-refractivity contribution in [1.82, 2.24) is 25.0 Å². The number of ether oxygens (including phenoxy) is 2. The van der Waals surface area contributed by atoms with Crippen molar-refractivity contribution in [2.75, 3.05) is 27.3 Å². The zero-order chi connectivity index (χ0) is 21.1. The molecular weight excluding hydrogens is 386 g/mol. The van der Waals surface area contributed by atoms with Gasteiger partial charge in [-0.15, -0.1) is 0 Å². The van der Waals surface area contributed by atoms with E-state index in [2.05, 4.69) is 20.1 Å². The number of hydrogen-bond donors (Lipinski definition) is 0. The fourth-order valence-corrected chi connectivity index (χ4v) is 3.53. The molecule has 0 radical (unpaired) electrons. The number of aromatic nitrogens is 4. The second kappa shape index (κ2) is 8.48. The molecule has 156 valence electrons. The Kier molecular flexibility index (Phi) is 5.60. The Morgan fingerprint density at radius 1 is 1.17 bits per heavy atom. The van der Waals surface area contributed by atoms with Crippen molar-refractivity contribution < 1.29 is 18.8 Å². The molecule has 0 saturated carbocycles. The van der Waals surface area contributed by atoms with Gasteiger partial charge in [0, 0.05) is 30.8 Å². The van der Waals surface area contributed by atoms with Crippen LogP contribution in [0.1, 0.15) is 40.6 Å². The van der Waals surface area contributed by atoms with Gasteiger partial charge in [0.25, 0.3) is 11.8 Å². The molecule has 1 aromatic carbocycles. The summed E-state index contributed by atoms with van der Waals surface area (Å²) in [4.78, 5) is 27.8. The predicted molar refractivity (Wildman–Crippen MR) is 107 cm³/mol. The van der Waals surface area contributed by atoms with E-state index in [1.54, 1.807) is 44.8 Å². The number of likely N-dealkylation sites (tertiary alicyclic amines) is 1. The number of nitrogens with zero attached hydrogens (tertiary/aromatic N) is 5. The first-order valence-electron chi connectivity index (χ1n) is 9.73. The molecule has 30 heavy (non-hydrogen) atoms. The summed E-state index contributed by atoms with van der Waals surface area (Å²) >= 11 is 0. The summed E-state index contributed by atoms with van der Waals surface area (Å²) in [6.07, 6.45) is 5.01. The number of aryl methyl sites for hydroxylation is 1. The van der Waals surface area contributed by atoms with E-state index in [4.69, 9.17) is 14.0 Å². The zero-order valence-corrected chi connectivity index (χ0v) is 17.2. The predicted octanol–water partition coefficient (Wildman–Crippen LogP) is 2.87. The van der Waals surface area contributed by atoms with E-state index in [0.717, 1.165) is 18.5 Å². The fourth-order valence-electron chi connectivity index (χ4n) is 3.53. The second-order valence-electron chi connectivity index (χ2n) is 7.16. The lowest BCUT2D eigenvalue weighted by Crippen LogP contribution is -2.39. The highest BCUT2D eigenvalue weighted by Gasteiger charge is 2.29. The average molecular weight is 409 g/mol. The minimum Gasteiger partial charge on any atom is -0.493 e. The third kappa shape index (κ3) is 3.96. The Labute approximate surface area is 174 Å². The summed E-state index contributed by atoms with van der Waals surface area (Å²) in [5.74, 6) is 1.97. The van der Waals surface area contributed by atoms with Crippen molar-refractivity contribution in [3.8, 4) is 23.1 Å². The SMILES string of the molecule is COc1ccc(C(=O)N2CCCC(c3noc(-c4cnc(C)cn4)n3)C2)cc1OC. The number of methoxy groups -OCH3 is 2. The summed E-state index contributed by atoms with van der Waals surface area (Å²) in [6.45, 7) is 3.06. The molecule has 0 N–H and O–H groups in total. The van der Waals surface area contributed by atoms with Crippen LogP contribution in [0.15, 0.2) is 35.1 Å². The smallest absolute Gasteiger partial charge is 0.278 e. The Hall–Kier alpha value is -3.49. The second-order valence-corrected chi connectivity index (χ2v) is 7.16. The molecular formula is C21H23N5O4. The van der Waals surface area contributed by atoms with Crippen LogP contribution < -0.4 is 9.47 Å². The van der Waals surface area contributed by atoms with E-state index in [1.807, 2.05) is 11.8 Å². The molecule has 1 unspecified atom stereocenters. The highest BCUT2D eigenvalue weighted by molar-refractivity contribution is 5.95. The minimum atomic E-state index is -0.0613. The van der Waals surface area contributed by atoms with Gasteiger partial charge >= 0.3 is 0 Å². The normalized spacial score (nSPS) is 16.4. The standard InChI is InChI=1S/C21H23N5O4/c1-13-10-23-16(11-22-13)20-24-19(25-30-20)15-5-4-8-26(12-15)21(27)14-6-7-17(28-2)18(9-14)29-3/h6-7,9-11,15H,4-5,8,12H2,1-3H3. The van der Waals surface area contributed by atoms with Crippen molar-refractivity contribution in [2.24, 2.45) is 0 Å². The zero-order valence-electron chi connectivity index (χ0n) is 17.2. The third-order valence-corrected chi connectivity index (χ3v) is 5.15. The van der Waals surface area contributed by atoms with Crippen molar-refractivity contribution in [3.05, 3.63) is 47.7 Å². The van der Waals surface area contributed by atoms with Crippen molar-refractivity contribution in [2.45, 2.75) is 25.7 Å². The summed E-state index contributed by atoms with van der Waals surface area (Å²) in [6, 6.07) is 5.19. The lowest BCUT2D eigenvalue weighted by atomic mass is 9.96. The molecule has 3 aromatic rings. The van der Waals surface area contributed by atoms with Gasteiger partial charge in [0.05, 0.1) is 26.1 Å². The van der Waals surface area contributed by atoms with Gasteiger partial charge < -0.3 is 18.9 Å². The third-order valence-electron chi connectivity index (χ3n) is 5.15. The van der Waals surface area contributed by atoms with Gasteiger partial charge in [0.1, 0.15) is 5.69 Å². The molecule has 1 saturated heterocycles. The minimum absolute atomic E-state index is 0.00116. The van der Waals surface area contributed by atoms with E-state index in [-0.39, 0.29) is 11.8 Å². The van der Waals surface area contributed by atoms with Crippen molar-refractivity contribution in [1.29, 1.82) is 0 Å². The van der Waals surface area contributed by atoms with Gasteiger partial charge in [-0.1, -0.05) is 5.16 Å². The van der Waals surface area contributed by atoms with Gasteiger partial charge in [0.15, 0.2) is 17.3 Å². The van der Waals surface area contributed by atoms with E-state index in [0.29, 0.717) is 47.6 Å². The van der Waals surface area contributed by atoms with Crippen LogP contribution in [0.5, 0.6) is 11.5 Å². The number of piperidine rings is 1. The molecule has 0 bridgehead atoms. The number of carbonyl (C=O) groups excluding carboxylic acids is 1. The highest BCUT2D eigenvalue weighted by atomic mass is 16.5. The summed E-state index contributed by atoms with van der Waals surface area (Å²) in [7, 11) is 3.12. The van der Waals surface area contributed by atoms with E-state index in [1.165, 1.54) is 0 Å². The summed E-state index contributed by atoms with van der Waals surface area (Å²) in [5.41, 5.74) is 1.90. The molecule has 0 spiro atoms. The number of benzene rings is 1. The topological polar surface area (TPSA) is 103 Å². The van der Waals surface area contributed by atoms with Crippen LogP contribution in [0.3, 0.4) is 0 Å². The van der Waals surface area contributed by atoms with Crippen LogP contribution in [-0.4, -0.2) is 58.2 Å². The first-order valence-corrected chi connectivity index (χ1v) is 9.73. The van der Waals surface area contributed by atoms with E-state index < -0.39 is 0 Å². The van der Waals surface area contributed by atoms with Crippen LogP contribution in [-0.2, 0) is 0 Å². The molecule has 3 heterocycles. The Bertz CT molecular complexity index is 1030. The van der Waals surface area contributed by atoms with Crippen LogP contribution >= 0.6 is 0 Å². The number of carbonyl (C=O) groups is 1. The molecule has 2 aromatic heterocycles. The highest BCUT2D eigenvalue weighted by Crippen LogP contribution is 2.30. The van der Waals surface area contributed by atoms with Gasteiger partial charge in [-0.3, -0.25) is 9.78 Å². The summed E-state index contributed by atoms with van der Waals surface area (Å²) < 4.78 is 16.0. The van der Waals surface area contributed by atoms with Gasteiger partial charge in [-0.25, -0.2) is 4.98 Å². The molecule has 1 fully saturated rings. The van der Waals surface area contributed by atoms with Crippen LogP contribution in [0.25, 0.3) is 11.6 Å². The Morgan fingerprint density at radius 3 is 2.73 bits per heavy atom. The van der Waals surface area contributed by atoms with Crippen LogP contribution in [0.4, 0.5) is 0 Å². The molecule has 1 atom stereocenters. The quantitative estimate of drug-likeness (QED) is 0.634. The molecule has 0 aliphatic carbocycles. The number of amides is 1. The van der Waals surface area contributed by atoms with Gasteiger partial charge in [0.2, 0.25) is 0 Å². The molecule has 1 aliphatic rings. The van der Waals surface area contributed by atoms with E-state index in [9.17, 15) is 4.79 Å². The number of rotatable bonds is 5. The first kappa shape index (κ1) is 19.8. The maximum absolute atomic E-state index is 13.1. The maximum Gasteiger partial charge on any atom is 0.278 e. The van der Waals surface area contributed by atoms with Crippen molar-refractivity contribution in [3.63, 3.8) is 0 Å².